The van der Waals surface area contributed by atoms with E-state index in [0.717, 1.165) is 16.8 Å². The van der Waals surface area contributed by atoms with Gasteiger partial charge in [0.2, 0.25) is 5.91 Å². The van der Waals surface area contributed by atoms with Crippen molar-refractivity contribution in [1.82, 2.24) is 14.8 Å². The van der Waals surface area contributed by atoms with Crippen molar-refractivity contribution in [3.8, 4) is 5.75 Å². The summed E-state index contributed by atoms with van der Waals surface area (Å²) in [6.07, 6.45) is 1.37. The zero-order valence-electron chi connectivity index (χ0n) is 17.8. The molecule has 8 heteroatoms. The molecular weight excluding hydrogens is 432 g/mol. The molecule has 0 fully saturated rings. The van der Waals surface area contributed by atoms with E-state index in [9.17, 15) is 4.79 Å². The number of aromatic nitrogens is 3. The van der Waals surface area contributed by atoms with Gasteiger partial charge in [-0.15, -0.1) is 16.8 Å². The van der Waals surface area contributed by atoms with Crippen LogP contribution in [0.25, 0.3) is 0 Å². The highest BCUT2D eigenvalue weighted by atomic mass is 35.5. The van der Waals surface area contributed by atoms with Crippen LogP contribution in [-0.2, 0) is 11.3 Å². The van der Waals surface area contributed by atoms with Gasteiger partial charge in [-0.1, -0.05) is 47.6 Å². The molecule has 6 nitrogen and oxygen atoms in total. The molecule has 2 aromatic carbocycles. The van der Waals surface area contributed by atoms with Gasteiger partial charge in [-0.3, -0.25) is 9.36 Å². The van der Waals surface area contributed by atoms with Crippen molar-refractivity contribution in [2.24, 2.45) is 0 Å². The number of ether oxygens (including phenoxy) is 1. The number of benzene rings is 2. The molecule has 0 radical (unpaired) electrons. The van der Waals surface area contributed by atoms with Crippen LogP contribution < -0.4 is 10.1 Å². The van der Waals surface area contributed by atoms with Crippen LogP contribution >= 0.6 is 23.4 Å². The third kappa shape index (κ3) is 6.12. The summed E-state index contributed by atoms with van der Waals surface area (Å²) in [4.78, 5) is 12.4. The van der Waals surface area contributed by atoms with Crippen LogP contribution in [0, 0.1) is 13.8 Å². The number of carbonyl (C=O) groups is 1. The molecular formula is C23H25ClN4O2S. The molecule has 3 aromatic rings. The molecule has 162 valence electrons. The number of anilines is 1. The van der Waals surface area contributed by atoms with Gasteiger partial charge in [0.1, 0.15) is 5.75 Å². The van der Waals surface area contributed by atoms with E-state index < -0.39 is 0 Å². The predicted octanol–water partition coefficient (Wildman–Crippen LogP) is 5.61. The lowest BCUT2D eigenvalue weighted by molar-refractivity contribution is -0.113. The van der Waals surface area contributed by atoms with Crippen molar-refractivity contribution in [2.75, 3.05) is 11.1 Å². The number of nitrogens with zero attached hydrogens (tertiary/aromatic N) is 3. The molecule has 0 aliphatic rings. The molecule has 0 aliphatic carbocycles. The molecule has 0 spiro atoms. The monoisotopic (exact) mass is 456 g/mol. The zero-order chi connectivity index (χ0) is 22.4. The number of hydrogen-bond donors (Lipinski definition) is 1. The highest BCUT2D eigenvalue weighted by Gasteiger charge is 2.20. The molecule has 1 aromatic heterocycles. The summed E-state index contributed by atoms with van der Waals surface area (Å²) in [5.74, 6) is 1.33. The highest BCUT2D eigenvalue weighted by molar-refractivity contribution is 7.99. The van der Waals surface area contributed by atoms with Crippen LogP contribution in [-0.4, -0.2) is 26.4 Å². The summed E-state index contributed by atoms with van der Waals surface area (Å²) in [6.45, 7) is 10.2. The molecule has 0 aliphatic heterocycles. The minimum absolute atomic E-state index is 0.110. The summed E-state index contributed by atoms with van der Waals surface area (Å²) < 4.78 is 7.94. The maximum Gasteiger partial charge on any atom is 0.234 e. The average Bonchev–Trinajstić information content (AvgIpc) is 3.12. The SMILES string of the molecule is C=CCn1c(SCC(=O)Nc2cccc(C)c2)nnc1C(C)Oc1cc(C)ccc1Cl. The molecule has 1 heterocycles. The number of aryl methyl sites for hydroxylation is 2. The first-order chi connectivity index (χ1) is 14.9. The standard InChI is InChI=1S/C23H25ClN4O2S/c1-5-11-28-22(17(4)30-20-13-16(3)9-10-19(20)24)26-27-23(28)31-14-21(29)25-18-8-6-7-15(2)12-18/h5-10,12-13,17H,1,11,14H2,2-4H3,(H,25,29). The lowest BCUT2D eigenvalue weighted by Gasteiger charge is -2.17. The summed E-state index contributed by atoms with van der Waals surface area (Å²) in [5.41, 5.74) is 2.91. The van der Waals surface area contributed by atoms with Gasteiger partial charge in [0, 0.05) is 12.2 Å². The Bertz CT molecular complexity index is 1080. The third-order valence-electron chi connectivity index (χ3n) is 4.45. The van der Waals surface area contributed by atoms with E-state index in [0.29, 0.717) is 28.3 Å². The molecule has 1 amide bonds. The molecule has 31 heavy (non-hydrogen) atoms. The Hall–Kier alpha value is -2.77. The normalized spacial score (nSPS) is 11.7. The number of rotatable bonds is 9. The largest absolute Gasteiger partial charge is 0.481 e. The van der Waals surface area contributed by atoms with Crippen molar-refractivity contribution >= 4 is 35.0 Å². The van der Waals surface area contributed by atoms with Crippen molar-refractivity contribution < 1.29 is 9.53 Å². The van der Waals surface area contributed by atoms with E-state index in [-0.39, 0.29) is 17.8 Å². The van der Waals surface area contributed by atoms with E-state index in [1.807, 2.05) is 67.8 Å². The summed E-state index contributed by atoms with van der Waals surface area (Å²) in [5, 5.41) is 12.6. The molecule has 1 unspecified atom stereocenters. The van der Waals surface area contributed by atoms with E-state index >= 15 is 0 Å². The topological polar surface area (TPSA) is 69.0 Å². The van der Waals surface area contributed by atoms with Crippen molar-refractivity contribution in [1.29, 1.82) is 0 Å². The number of nitrogens with one attached hydrogen (secondary N) is 1. The minimum atomic E-state index is -0.387. The molecule has 0 saturated carbocycles. The van der Waals surface area contributed by atoms with Crippen LogP contribution in [0.2, 0.25) is 5.02 Å². The van der Waals surface area contributed by atoms with Gasteiger partial charge in [0.25, 0.3) is 0 Å². The molecule has 1 atom stereocenters. The first kappa shape index (κ1) is 22.9. The Labute approximate surface area is 191 Å². The van der Waals surface area contributed by atoms with Gasteiger partial charge in [0.15, 0.2) is 17.1 Å². The van der Waals surface area contributed by atoms with E-state index in [2.05, 4.69) is 22.1 Å². The summed E-state index contributed by atoms with van der Waals surface area (Å²) in [7, 11) is 0. The van der Waals surface area contributed by atoms with Gasteiger partial charge in [-0.2, -0.15) is 0 Å². The van der Waals surface area contributed by atoms with Crippen LogP contribution in [0.3, 0.4) is 0 Å². The Morgan fingerprint density at radius 3 is 2.77 bits per heavy atom. The van der Waals surface area contributed by atoms with E-state index in [1.165, 1.54) is 11.8 Å². The highest BCUT2D eigenvalue weighted by Crippen LogP contribution is 2.30. The number of halogens is 1. The van der Waals surface area contributed by atoms with Gasteiger partial charge >= 0.3 is 0 Å². The molecule has 3 rings (SSSR count). The fourth-order valence-corrected chi connectivity index (χ4v) is 3.92. The lowest BCUT2D eigenvalue weighted by atomic mass is 10.2. The Balaban J connectivity index is 1.70. The van der Waals surface area contributed by atoms with Gasteiger partial charge in [-0.05, 0) is 56.2 Å². The number of carbonyl (C=O) groups excluding carboxylic acids is 1. The number of thioether (sulfide) groups is 1. The van der Waals surface area contributed by atoms with Gasteiger partial charge in [-0.25, -0.2) is 0 Å². The van der Waals surface area contributed by atoms with E-state index in [1.54, 1.807) is 6.08 Å². The van der Waals surface area contributed by atoms with Crippen LogP contribution in [0.1, 0.15) is 30.0 Å². The maximum absolute atomic E-state index is 12.4. The first-order valence-electron chi connectivity index (χ1n) is 9.83. The van der Waals surface area contributed by atoms with Crippen LogP contribution in [0.5, 0.6) is 5.75 Å². The molecule has 0 bridgehead atoms. The number of hydrogen-bond acceptors (Lipinski definition) is 5. The van der Waals surface area contributed by atoms with Crippen LogP contribution in [0.4, 0.5) is 5.69 Å². The van der Waals surface area contributed by atoms with E-state index in [4.69, 9.17) is 16.3 Å². The Kier molecular flexibility index (Phi) is 7.76. The number of amides is 1. The predicted molar refractivity (Wildman–Crippen MR) is 126 cm³/mol. The summed E-state index contributed by atoms with van der Waals surface area (Å²) in [6, 6.07) is 13.3. The second-order valence-corrected chi connectivity index (χ2v) is 8.49. The van der Waals surface area contributed by atoms with Crippen LogP contribution in [0.15, 0.2) is 60.3 Å². The molecule has 0 saturated heterocycles. The van der Waals surface area contributed by atoms with Crippen molar-refractivity contribution in [2.45, 2.75) is 38.6 Å². The lowest BCUT2D eigenvalue weighted by Crippen LogP contribution is -2.15. The second kappa shape index (κ2) is 10.5. The average molecular weight is 457 g/mol. The summed E-state index contributed by atoms with van der Waals surface area (Å²) >= 11 is 7.58. The minimum Gasteiger partial charge on any atom is -0.481 e. The Morgan fingerprint density at radius 2 is 2.03 bits per heavy atom. The second-order valence-electron chi connectivity index (χ2n) is 7.14. The number of allylic oxidation sites excluding steroid dienone is 1. The van der Waals surface area contributed by atoms with Crippen molar-refractivity contribution in [3.05, 3.63) is 77.1 Å². The van der Waals surface area contributed by atoms with Gasteiger partial charge < -0.3 is 10.1 Å². The fourth-order valence-electron chi connectivity index (χ4n) is 3.00. The quantitative estimate of drug-likeness (QED) is 0.335. The van der Waals surface area contributed by atoms with Gasteiger partial charge in [0.05, 0.1) is 10.8 Å². The Morgan fingerprint density at radius 1 is 1.26 bits per heavy atom. The zero-order valence-corrected chi connectivity index (χ0v) is 19.3. The van der Waals surface area contributed by atoms with Crippen molar-refractivity contribution in [3.63, 3.8) is 0 Å². The smallest absolute Gasteiger partial charge is 0.234 e. The molecule has 1 N–H and O–H groups in total. The first-order valence-corrected chi connectivity index (χ1v) is 11.2. The maximum atomic E-state index is 12.4. The fraction of sp³-hybridized carbons (Fsp3) is 0.261. The third-order valence-corrected chi connectivity index (χ3v) is 5.72.